The van der Waals surface area contributed by atoms with E-state index < -0.39 is 0 Å². The van der Waals surface area contributed by atoms with Gasteiger partial charge >= 0.3 is 0 Å². The van der Waals surface area contributed by atoms with E-state index in [9.17, 15) is 0 Å². The van der Waals surface area contributed by atoms with Gasteiger partial charge in [-0.25, -0.2) is 0 Å². The molecule has 2 aromatic rings. The van der Waals surface area contributed by atoms with E-state index in [1.165, 1.54) is 11.1 Å². The van der Waals surface area contributed by atoms with Crippen LogP contribution in [0, 0.1) is 0 Å². The van der Waals surface area contributed by atoms with Gasteiger partial charge in [-0.15, -0.1) is 0 Å². The number of amidine groups is 1. The lowest BCUT2D eigenvalue weighted by molar-refractivity contribution is 0.413. The molecule has 0 aromatic heterocycles. The summed E-state index contributed by atoms with van der Waals surface area (Å²) in [6.45, 7) is 6.88. The zero-order chi connectivity index (χ0) is 15.6. The molecule has 0 aliphatic carbocycles. The minimum absolute atomic E-state index is 0.822. The van der Waals surface area contributed by atoms with Gasteiger partial charge < -0.3 is 4.90 Å². The second-order valence-corrected chi connectivity index (χ2v) is 6.25. The van der Waals surface area contributed by atoms with Gasteiger partial charge in [0, 0.05) is 19.6 Å². The highest BCUT2D eigenvalue weighted by Crippen LogP contribution is 2.17. The predicted octanol–water partition coefficient (Wildman–Crippen LogP) is 4.82. The Morgan fingerprint density at radius 3 is 1.77 bits per heavy atom. The molecule has 2 aromatic carbocycles. The van der Waals surface area contributed by atoms with Gasteiger partial charge in [-0.1, -0.05) is 79.3 Å². The standard InChI is InChI=1S/C19H24N2S/c1-3-20-19(22-4-2)21(15-17-11-7-5-8-12-17)16-18-13-9-6-10-14-18/h5-14H,3-4,15-16H2,1-2H3. The van der Waals surface area contributed by atoms with Gasteiger partial charge in [0.1, 0.15) is 0 Å². The van der Waals surface area contributed by atoms with Crippen molar-refractivity contribution in [2.45, 2.75) is 26.9 Å². The molecule has 0 N–H and O–H groups in total. The minimum Gasteiger partial charge on any atom is -0.343 e. The van der Waals surface area contributed by atoms with Crippen molar-refractivity contribution in [3.63, 3.8) is 0 Å². The molecule has 0 bridgehead atoms. The molecule has 0 unspecified atom stereocenters. The Hall–Kier alpha value is -1.74. The molecule has 3 heteroatoms. The van der Waals surface area contributed by atoms with E-state index >= 15 is 0 Å². The van der Waals surface area contributed by atoms with E-state index in [1.807, 2.05) is 11.8 Å². The molecule has 0 atom stereocenters. The zero-order valence-corrected chi connectivity index (χ0v) is 14.2. The molecule has 2 nitrogen and oxygen atoms in total. The van der Waals surface area contributed by atoms with Crippen LogP contribution in [0.15, 0.2) is 65.7 Å². The molecule has 0 saturated carbocycles. The lowest BCUT2D eigenvalue weighted by Gasteiger charge is -2.26. The van der Waals surface area contributed by atoms with E-state index in [1.54, 1.807) is 0 Å². The van der Waals surface area contributed by atoms with Crippen LogP contribution in [0.4, 0.5) is 0 Å². The summed E-state index contributed by atoms with van der Waals surface area (Å²) in [6.07, 6.45) is 0. The van der Waals surface area contributed by atoms with E-state index in [2.05, 4.69) is 79.4 Å². The maximum atomic E-state index is 4.71. The van der Waals surface area contributed by atoms with E-state index in [0.29, 0.717) is 0 Å². The molecule has 0 amide bonds. The van der Waals surface area contributed by atoms with Crippen molar-refractivity contribution in [3.8, 4) is 0 Å². The highest BCUT2D eigenvalue weighted by molar-refractivity contribution is 8.13. The van der Waals surface area contributed by atoms with Crippen molar-refractivity contribution in [1.82, 2.24) is 4.90 Å². The quantitative estimate of drug-likeness (QED) is 0.561. The first-order chi connectivity index (χ1) is 10.8. The third-order valence-corrected chi connectivity index (χ3v) is 4.20. The van der Waals surface area contributed by atoms with Crippen LogP contribution in [0.25, 0.3) is 0 Å². The summed E-state index contributed by atoms with van der Waals surface area (Å²) < 4.78 is 0. The van der Waals surface area contributed by atoms with E-state index in [0.717, 1.165) is 30.6 Å². The van der Waals surface area contributed by atoms with Crippen LogP contribution >= 0.6 is 11.8 Å². The summed E-state index contributed by atoms with van der Waals surface area (Å²) in [6, 6.07) is 21.2. The Labute approximate surface area is 138 Å². The molecular weight excluding hydrogens is 288 g/mol. The summed E-state index contributed by atoms with van der Waals surface area (Å²) in [7, 11) is 0. The second kappa shape index (κ2) is 9.31. The maximum Gasteiger partial charge on any atom is 0.159 e. The van der Waals surface area contributed by atoms with Gasteiger partial charge in [0.2, 0.25) is 0 Å². The lowest BCUT2D eigenvalue weighted by Crippen LogP contribution is -2.28. The Morgan fingerprint density at radius 2 is 1.36 bits per heavy atom. The number of hydrogen-bond acceptors (Lipinski definition) is 2. The molecule has 0 aliphatic rings. The van der Waals surface area contributed by atoms with Crippen LogP contribution in [0.2, 0.25) is 0 Å². The highest BCUT2D eigenvalue weighted by atomic mass is 32.2. The van der Waals surface area contributed by atoms with Crippen molar-refractivity contribution in [2.24, 2.45) is 4.99 Å². The van der Waals surface area contributed by atoms with Gasteiger partial charge in [-0.2, -0.15) is 0 Å². The van der Waals surface area contributed by atoms with Crippen molar-refractivity contribution >= 4 is 16.9 Å². The summed E-state index contributed by atoms with van der Waals surface area (Å²) in [5.74, 6) is 1.04. The molecule has 0 spiro atoms. The van der Waals surface area contributed by atoms with Gasteiger partial charge in [-0.05, 0) is 23.8 Å². The van der Waals surface area contributed by atoms with Crippen LogP contribution in [0.5, 0.6) is 0 Å². The minimum atomic E-state index is 0.822. The fraction of sp³-hybridized carbons (Fsp3) is 0.316. The Balaban J connectivity index is 2.21. The van der Waals surface area contributed by atoms with Crippen molar-refractivity contribution < 1.29 is 0 Å². The molecule has 116 valence electrons. The predicted molar refractivity (Wildman–Crippen MR) is 98.2 cm³/mol. The molecular formula is C19H24N2S. The third-order valence-electron chi connectivity index (χ3n) is 3.27. The van der Waals surface area contributed by atoms with Gasteiger partial charge in [0.05, 0.1) is 0 Å². The zero-order valence-electron chi connectivity index (χ0n) is 13.4. The number of nitrogens with zero attached hydrogens (tertiary/aromatic N) is 2. The second-order valence-electron chi connectivity index (χ2n) is 5.02. The molecule has 0 fully saturated rings. The Kier molecular flexibility index (Phi) is 7.04. The van der Waals surface area contributed by atoms with E-state index in [4.69, 9.17) is 4.99 Å². The lowest BCUT2D eigenvalue weighted by atomic mass is 10.2. The van der Waals surface area contributed by atoms with Crippen molar-refractivity contribution in [3.05, 3.63) is 71.8 Å². The third kappa shape index (κ3) is 5.23. The summed E-state index contributed by atoms with van der Waals surface area (Å²) in [5, 5.41) is 1.14. The van der Waals surface area contributed by atoms with Gasteiger partial charge in [-0.3, -0.25) is 4.99 Å². The Morgan fingerprint density at radius 1 is 0.864 bits per heavy atom. The number of rotatable bonds is 6. The summed E-state index contributed by atoms with van der Waals surface area (Å²) >= 11 is 1.82. The van der Waals surface area contributed by atoms with E-state index in [-0.39, 0.29) is 0 Å². The summed E-state index contributed by atoms with van der Waals surface area (Å²) in [5.41, 5.74) is 2.64. The average Bonchev–Trinajstić information content (AvgIpc) is 2.56. The maximum absolute atomic E-state index is 4.71. The monoisotopic (exact) mass is 312 g/mol. The molecule has 0 saturated heterocycles. The molecule has 22 heavy (non-hydrogen) atoms. The smallest absolute Gasteiger partial charge is 0.159 e. The largest absolute Gasteiger partial charge is 0.343 e. The Bertz CT molecular complexity index is 525. The van der Waals surface area contributed by atoms with Gasteiger partial charge in [0.25, 0.3) is 0 Å². The fourth-order valence-corrected chi connectivity index (χ4v) is 3.09. The number of aliphatic imine (C=N–C) groups is 1. The van der Waals surface area contributed by atoms with Crippen LogP contribution < -0.4 is 0 Å². The molecule has 0 aliphatic heterocycles. The summed E-state index contributed by atoms with van der Waals surface area (Å²) in [4.78, 5) is 7.09. The normalized spacial score (nSPS) is 11.5. The first-order valence-corrected chi connectivity index (χ1v) is 8.82. The SMILES string of the molecule is CCN=C(SCC)N(Cc1ccccc1)Cc1ccccc1. The van der Waals surface area contributed by atoms with Crippen LogP contribution in [0.1, 0.15) is 25.0 Å². The number of benzene rings is 2. The first-order valence-electron chi connectivity index (χ1n) is 7.83. The highest BCUT2D eigenvalue weighted by Gasteiger charge is 2.12. The van der Waals surface area contributed by atoms with Crippen LogP contribution in [-0.2, 0) is 13.1 Å². The van der Waals surface area contributed by atoms with Crippen LogP contribution in [-0.4, -0.2) is 22.4 Å². The molecule has 2 rings (SSSR count). The fourth-order valence-electron chi connectivity index (χ4n) is 2.30. The first kappa shape index (κ1) is 16.6. The average molecular weight is 312 g/mol. The number of hydrogen-bond donors (Lipinski definition) is 0. The van der Waals surface area contributed by atoms with Crippen molar-refractivity contribution in [2.75, 3.05) is 12.3 Å². The van der Waals surface area contributed by atoms with Crippen LogP contribution in [0.3, 0.4) is 0 Å². The van der Waals surface area contributed by atoms with Crippen molar-refractivity contribution in [1.29, 1.82) is 0 Å². The van der Waals surface area contributed by atoms with Gasteiger partial charge in [0.15, 0.2) is 5.17 Å². The molecule has 0 heterocycles. The topological polar surface area (TPSA) is 15.6 Å². The number of thioether (sulfide) groups is 1. The molecule has 0 radical (unpaired) electrons.